The molecule has 0 N–H and O–H groups in total. The summed E-state index contributed by atoms with van der Waals surface area (Å²) >= 11 is 0. The maximum Gasteiger partial charge on any atom is 0.0408 e. The summed E-state index contributed by atoms with van der Waals surface area (Å²) in [6.07, 6.45) is 8.07. The molecule has 1 unspecified atom stereocenters. The van der Waals surface area contributed by atoms with Crippen molar-refractivity contribution in [2.45, 2.75) is 66.7 Å². The van der Waals surface area contributed by atoms with E-state index in [4.69, 9.17) is 0 Å². The van der Waals surface area contributed by atoms with Crippen molar-refractivity contribution in [1.82, 2.24) is 0 Å². The van der Waals surface area contributed by atoms with Crippen molar-refractivity contribution in [3.8, 4) is 0 Å². The zero-order valence-corrected chi connectivity index (χ0v) is 16.0. The highest BCUT2D eigenvalue weighted by atomic mass is 14.7. The van der Waals surface area contributed by atoms with E-state index in [0.717, 1.165) is 13.0 Å². The summed E-state index contributed by atoms with van der Waals surface area (Å²) < 4.78 is 0. The Labute approximate surface area is 143 Å². The average Bonchev–Trinajstić information content (AvgIpc) is 2.46. The van der Waals surface area contributed by atoms with Crippen LogP contribution in [0.3, 0.4) is 0 Å². The Kier molecular flexibility index (Phi) is 8.91. The van der Waals surface area contributed by atoms with E-state index >= 15 is 0 Å². The molecule has 0 saturated heterocycles. The molecule has 0 aliphatic heterocycles. The second-order valence-electron chi connectivity index (χ2n) is 7.57. The molecular formula is C22H35N. The Morgan fingerprint density at radius 1 is 1.09 bits per heavy atom. The summed E-state index contributed by atoms with van der Waals surface area (Å²) in [5.41, 5.74) is 4.21. The van der Waals surface area contributed by atoms with Gasteiger partial charge in [-0.2, -0.15) is 0 Å². The van der Waals surface area contributed by atoms with Crippen molar-refractivity contribution in [3.05, 3.63) is 47.0 Å². The first-order chi connectivity index (χ1) is 10.9. The largest absolute Gasteiger partial charge is 0.297 e. The molecular weight excluding hydrogens is 278 g/mol. The average molecular weight is 314 g/mol. The van der Waals surface area contributed by atoms with Gasteiger partial charge < -0.3 is 0 Å². The predicted molar refractivity (Wildman–Crippen MR) is 105 cm³/mol. The lowest BCUT2D eigenvalue weighted by Gasteiger charge is -2.19. The molecule has 0 fully saturated rings. The van der Waals surface area contributed by atoms with Gasteiger partial charge in [-0.15, -0.1) is 0 Å². The van der Waals surface area contributed by atoms with Crippen LogP contribution in [0.15, 0.2) is 40.9 Å². The monoisotopic (exact) mass is 313 g/mol. The highest BCUT2D eigenvalue weighted by Gasteiger charge is 2.12. The molecule has 0 aliphatic rings. The van der Waals surface area contributed by atoms with Gasteiger partial charge in [0.15, 0.2) is 0 Å². The zero-order chi connectivity index (χ0) is 17.2. The number of aliphatic imine (C=N–C) groups is 1. The Morgan fingerprint density at radius 3 is 2.30 bits per heavy atom. The van der Waals surface area contributed by atoms with E-state index < -0.39 is 0 Å². The number of nitrogens with zero attached hydrogens (tertiary/aromatic N) is 1. The van der Waals surface area contributed by atoms with Crippen molar-refractivity contribution in [2.24, 2.45) is 16.8 Å². The summed E-state index contributed by atoms with van der Waals surface area (Å²) in [5, 5.41) is 0. The van der Waals surface area contributed by atoms with Gasteiger partial charge in [-0.25, -0.2) is 0 Å². The van der Waals surface area contributed by atoms with Gasteiger partial charge in [0, 0.05) is 6.54 Å². The van der Waals surface area contributed by atoms with Crippen LogP contribution < -0.4 is 0 Å². The first kappa shape index (κ1) is 19.7. The molecule has 0 aliphatic carbocycles. The molecule has 0 saturated carbocycles. The second-order valence-corrected chi connectivity index (χ2v) is 7.57. The Hall–Kier alpha value is -1.37. The molecule has 0 aromatic heterocycles. The molecule has 1 nitrogen and oxygen atoms in total. The second kappa shape index (κ2) is 10.4. The topological polar surface area (TPSA) is 12.4 Å². The summed E-state index contributed by atoms with van der Waals surface area (Å²) in [4.78, 5) is 4.52. The quantitative estimate of drug-likeness (QED) is 0.361. The van der Waals surface area contributed by atoms with Gasteiger partial charge in [0.05, 0.1) is 0 Å². The van der Waals surface area contributed by atoms with Gasteiger partial charge in [-0.1, -0.05) is 62.2 Å². The standard InChI is InChI=1S/C22H35N/c1-17(2)14-21(8-7-13-23-16-18(3)4)15-20(6)22-11-9-19(5)10-12-22/h9-14,18,20-21H,7-8,15-16H2,1-6H3/b23-13+/t20-,21?/m0/s1. The van der Waals surface area contributed by atoms with E-state index in [1.807, 2.05) is 0 Å². The smallest absolute Gasteiger partial charge is 0.0408 e. The number of rotatable bonds is 9. The van der Waals surface area contributed by atoms with Crippen molar-refractivity contribution in [3.63, 3.8) is 0 Å². The lowest BCUT2D eigenvalue weighted by atomic mass is 9.86. The van der Waals surface area contributed by atoms with Crippen LogP contribution in [-0.2, 0) is 0 Å². The van der Waals surface area contributed by atoms with Crippen LogP contribution in [0.1, 0.15) is 70.9 Å². The number of benzene rings is 1. The minimum absolute atomic E-state index is 0.601. The molecule has 0 amide bonds. The van der Waals surface area contributed by atoms with E-state index in [1.54, 1.807) is 0 Å². The van der Waals surface area contributed by atoms with Crippen molar-refractivity contribution >= 4 is 6.21 Å². The van der Waals surface area contributed by atoms with Crippen molar-refractivity contribution < 1.29 is 0 Å². The molecule has 1 aromatic carbocycles. The molecule has 0 radical (unpaired) electrons. The third-order valence-corrected chi connectivity index (χ3v) is 4.14. The Bertz CT molecular complexity index is 489. The molecule has 1 aromatic rings. The summed E-state index contributed by atoms with van der Waals surface area (Å²) in [7, 11) is 0. The first-order valence-electron chi connectivity index (χ1n) is 9.08. The number of aryl methyl sites for hydroxylation is 1. The summed E-state index contributed by atoms with van der Waals surface area (Å²) in [5.74, 6) is 1.90. The lowest BCUT2D eigenvalue weighted by molar-refractivity contribution is 0.504. The van der Waals surface area contributed by atoms with Crippen molar-refractivity contribution in [2.75, 3.05) is 6.54 Å². The highest BCUT2D eigenvalue weighted by Crippen LogP contribution is 2.27. The Morgan fingerprint density at radius 2 is 1.74 bits per heavy atom. The number of hydrogen-bond acceptors (Lipinski definition) is 1. The van der Waals surface area contributed by atoms with Crippen LogP contribution >= 0.6 is 0 Å². The van der Waals surface area contributed by atoms with E-state index in [0.29, 0.717) is 17.8 Å². The molecule has 1 heteroatoms. The zero-order valence-electron chi connectivity index (χ0n) is 16.0. The van der Waals surface area contributed by atoms with Crippen LogP contribution in [0.5, 0.6) is 0 Å². The van der Waals surface area contributed by atoms with Gasteiger partial charge in [0.1, 0.15) is 0 Å². The molecule has 0 spiro atoms. The van der Waals surface area contributed by atoms with Crippen LogP contribution in [0.4, 0.5) is 0 Å². The maximum atomic E-state index is 4.52. The van der Waals surface area contributed by atoms with Crippen molar-refractivity contribution in [1.29, 1.82) is 0 Å². The third-order valence-electron chi connectivity index (χ3n) is 4.14. The highest BCUT2D eigenvalue weighted by molar-refractivity contribution is 5.57. The molecule has 2 atom stereocenters. The third kappa shape index (κ3) is 8.74. The molecule has 0 heterocycles. The minimum Gasteiger partial charge on any atom is -0.297 e. The van der Waals surface area contributed by atoms with Gasteiger partial charge >= 0.3 is 0 Å². The fraction of sp³-hybridized carbons (Fsp3) is 0.591. The molecule has 128 valence electrons. The van der Waals surface area contributed by atoms with E-state index in [9.17, 15) is 0 Å². The number of allylic oxidation sites excluding steroid dienone is 2. The number of hydrogen-bond donors (Lipinski definition) is 0. The first-order valence-corrected chi connectivity index (χ1v) is 9.08. The normalized spacial score (nSPS) is 14.2. The summed E-state index contributed by atoms with van der Waals surface area (Å²) in [6, 6.07) is 9.01. The van der Waals surface area contributed by atoms with Gasteiger partial charge in [-0.05, 0) is 69.6 Å². The SMILES string of the molecule is CC(C)=CC(CC/C=N/CC(C)C)C[C@H](C)c1ccc(C)cc1. The molecule has 23 heavy (non-hydrogen) atoms. The van der Waals surface area contributed by atoms with Crippen LogP contribution in [-0.4, -0.2) is 12.8 Å². The van der Waals surface area contributed by atoms with E-state index in [2.05, 4.69) is 83.1 Å². The fourth-order valence-electron chi connectivity index (χ4n) is 2.89. The fourth-order valence-corrected chi connectivity index (χ4v) is 2.89. The predicted octanol–water partition coefficient (Wildman–Crippen LogP) is 6.58. The van der Waals surface area contributed by atoms with Crippen LogP contribution in [0.2, 0.25) is 0 Å². The summed E-state index contributed by atoms with van der Waals surface area (Å²) in [6.45, 7) is 14.3. The molecule has 0 bridgehead atoms. The van der Waals surface area contributed by atoms with E-state index in [1.165, 1.54) is 29.5 Å². The Balaban J connectivity index is 2.58. The lowest BCUT2D eigenvalue weighted by Crippen LogP contribution is -2.05. The van der Waals surface area contributed by atoms with Crippen LogP contribution in [0, 0.1) is 18.8 Å². The van der Waals surface area contributed by atoms with Gasteiger partial charge in [0.2, 0.25) is 0 Å². The maximum absolute atomic E-state index is 4.52. The van der Waals surface area contributed by atoms with Crippen LogP contribution in [0.25, 0.3) is 0 Å². The van der Waals surface area contributed by atoms with E-state index in [-0.39, 0.29) is 0 Å². The molecule has 1 rings (SSSR count). The minimum atomic E-state index is 0.601. The van der Waals surface area contributed by atoms with Gasteiger partial charge in [0.25, 0.3) is 0 Å². The van der Waals surface area contributed by atoms with Gasteiger partial charge in [-0.3, -0.25) is 4.99 Å².